The molecule has 2 aromatic heterocycles. The first-order valence-corrected chi connectivity index (χ1v) is 6.76. The van der Waals surface area contributed by atoms with Crippen LogP contribution in [0.4, 0.5) is 0 Å². The number of H-pyrrole nitrogens is 1. The number of aromatic amines is 1. The number of nitrogens with two attached hydrogens (primary N) is 1. The van der Waals surface area contributed by atoms with Gasteiger partial charge in [0.2, 0.25) is 0 Å². The van der Waals surface area contributed by atoms with Gasteiger partial charge in [-0.3, -0.25) is 15.5 Å². The fourth-order valence-electron chi connectivity index (χ4n) is 2.37. The molecule has 3 aromatic rings. The van der Waals surface area contributed by atoms with Crippen LogP contribution >= 0.6 is 24.8 Å². The maximum absolute atomic E-state index is 12.0. The number of nitrogens with zero attached hydrogens (tertiary/aromatic N) is 3. The molecular formula is C14H17Cl2N7O. The van der Waals surface area contributed by atoms with Gasteiger partial charge < -0.3 is 10.7 Å². The maximum atomic E-state index is 12.0. The number of aromatic nitrogens is 4. The summed E-state index contributed by atoms with van der Waals surface area (Å²) < 4.78 is 1.70. The minimum atomic E-state index is -0.434. The third-order valence-corrected chi connectivity index (χ3v) is 3.35. The highest BCUT2D eigenvalue weighted by Crippen LogP contribution is 2.19. The predicted molar refractivity (Wildman–Crippen MR) is 96.5 cm³/mol. The normalized spacial score (nSPS) is 9.88. The Morgan fingerprint density at radius 1 is 1.42 bits per heavy atom. The number of rotatable bonds is 3. The van der Waals surface area contributed by atoms with E-state index in [9.17, 15) is 4.79 Å². The summed E-state index contributed by atoms with van der Waals surface area (Å²) in [5.74, 6) is -0.825. The number of hydrogen-bond acceptors (Lipinski definition) is 4. The summed E-state index contributed by atoms with van der Waals surface area (Å²) in [6.45, 7) is 1.94. The van der Waals surface area contributed by atoms with Gasteiger partial charge in [0.15, 0.2) is 5.96 Å². The van der Waals surface area contributed by atoms with Gasteiger partial charge in [-0.2, -0.15) is 5.10 Å². The van der Waals surface area contributed by atoms with Crippen molar-refractivity contribution in [3.8, 4) is 5.69 Å². The third kappa shape index (κ3) is 3.50. The van der Waals surface area contributed by atoms with Gasteiger partial charge >= 0.3 is 0 Å². The van der Waals surface area contributed by atoms with Crippen molar-refractivity contribution in [1.82, 2.24) is 25.1 Å². The number of fused-ring (bicyclic) bond motifs is 1. The summed E-state index contributed by atoms with van der Waals surface area (Å²) in [5.41, 5.74) is 8.93. The quantitative estimate of drug-likeness (QED) is 0.414. The van der Waals surface area contributed by atoms with Crippen LogP contribution in [0.3, 0.4) is 0 Å². The van der Waals surface area contributed by atoms with Gasteiger partial charge in [0, 0.05) is 0 Å². The Kier molecular flexibility index (Phi) is 6.33. The van der Waals surface area contributed by atoms with Crippen LogP contribution in [0.5, 0.6) is 0 Å². The van der Waals surface area contributed by atoms with Crippen molar-refractivity contribution < 1.29 is 4.79 Å². The number of hydrogen-bond donors (Lipinski definition) is 4. The van der Waals surface area contributed by atoms with Crippen molar-refractivity contribution in [2.24, 2.45) is 5.73 Å². The molecule has 2 heterocycles. The van der Waals surface area contributed by atoms with Crippen LogP contribution < -0.4 is 11.1 Å². The molecule has 0 aliphatic carbocycles. The summed E-state index contributed by atoms with van der Waals surface area (Å²) in [7, 11) is 0. The molecule has 24 heavy (non-hydrogen) atoms. The first kappa shape index (κ1) is 19.5. The molecule has 0 radical (unpaired) electrons. The first-order valence-electron chi connectivity index (χ1n) is 6.76. The van der Waals surface area contributed by atoms with E-state index in [1.807, 2.05) is 25.1 Å². The van der Waals surface area contributed by atoms with Crippen LogP contribution in [0.1, 0.15) is 23.0 Å². The number of amides is 1. The molecule has 0 fully saturated rings. The molecule has 0 aliphatic heterocycles. The minimum Gasteiger partial charge on any atom is -0.370 e. The molecule has 0 saturated heterocycles. The van der Waals surface area contributed by atoms with Crippen molar-refractivity contribution in [3.63, 3.8) is 0 Å². The highest BCUT2D eigenvalue weighted by molar-refractivity contribution is 6.05. The summed E-state index contributed by atoms with van der Waals surface area (Å²) >= 11 is 0. The van der Waals surface area contributed by atoms with Crippen molar-refractivity contribution in [2.75, 3.05) is 0 Å². The zero-order valence-corrected chi connectivity index (χ0v) is 14.4. The van der Waals surface area contributed by atoms with Gasteiger partial charge in [-0.1, -0.05) is 6.92 Å². The average molecular weight is 370 g/mol. The van der Waals surface area contributed by atoms with Crippen LogP contribution in [0.15, 0.2) is 30.7 Å². The molecule has 8 nitrogen and oxygen atoms in total. The molecule has 0 atom stereocenters. The zero-order valence-electron chi connectivity index (χ0n) is 12.7. The van der Waals surface area contributed by atoms with E-state index in [-0.39, 0.29) is 24.8 Å². The van der Waals surface area contributed by atoms with Crippen molar-refractivity contribution in [3.05, 3.63) is 42.0 Å². The number of carbonyl (C=O) groups excluding carboxylic acids is 1. The number of carbonyl (C=O) groups is 1. The highest BCUT2D eigenvalue weighted by atomic mass is 35.5. The van der Waals surface area contributed by atoms with E-state index < -0.39 is 11.9 Å². The number of imidazole rings is 1. The molecule has 1 aromatic carbocycles. The highest BCUT2D eigenvalue weighted by Gasteiger charge is 2.17. The Morgan fingerprint density at radius 2 is 2.17 bits per heavy atom. The topological polar surface area (TPSA) is 125 Å². The Hall–Kier alpha value is -2.58. The Morgan fingerprint density at radius 3 is 2.83 bits per heavy atom. The van der Waals surface area contributed by atoms with Gasteiger partial charge in [-0.15, -0.1) is 24.8 Å². The van der Waals surface area contributed by atoms with E-state index in [1.54, 1.807) is 11.0 Å². The van der Waals surface area contributed by atoms with Crippen LogP contribution in [0.2, 0.25) is 0 Å². The molecule has 128 valence electrons. The van der Waals surface area contributed by atoms with Crippen LogP contribution in [-0.2, 0) is 6.42 Å². The number of guanidine groups is 1. The van der Waals surface area contributed by atoms with E-state index in [4.69, 9.17) is 11.1 Å². The lowest BCUT2D eigenvalue weighted by Gasteiger charge is -2.08. The fraction of sp³-hybridized carbons (Fsp3) is 0.143. The van der Waals surface area contributed by atoms with E-state index in [2.05, 4.69) is 20.4 Å². The van der Waals surface area contributed by atoms with Gasteiger partial charge in [0.1, 0.15) is 0 Å². The second kappa shape index (κ2) is 7.80. The van der Waals surface area contributed by atoms with Crippen molar-refractivity contribution >= 4 is 47.7 Å². The van der Waals surface area contributed by atoms with Crippen LogP contribution in [-0.4, -0.2) is 31.6 Å². The molecule has 0 spiro atoms. The maximum Gasteiger partial charge on any atom is 0.261 e. The largest absolute Gasteiger partial charge is 0.370 e. The van der Waals surface area contributed by atoms with Crippen LogP contribution in [0.25, 0.3) is 16.7 Å². The van der Waals surface area contributed by atoms with Gasteiger partial charge in [-0.25, -0.2) is 9.67 Å². The second-order valence-electron chi connectivity index (χ2n) is 4.74. The lowest BCUT2D eigenvalue weighted by molar-refractivity contribution is 0.0975. The molecule has 3 rings (SSSR count). The minimum absolute atomic E-state index is 0. The summed E-state index contributed by atoms with van der Waals surface area (Å²) in [5, 5.41) is 13.7. The molecule has 0 aliphatic rings. The summed E-state index contributed by atoms with van der Waals surface area (Å²) in [4.78, 5) is 19.3. The zero-order chi connectivity index (χ0) is 15.7. The number of halogens is 2. The molecule has 0 bridgehead atoms. The number of benzene rings is 1. The van der Waals surface area contributed by atoms with Crippen LogP contribution in [0, 0.1) is 5.41 Å². The van der Waals surface area contributed by atoms with Crippen molar-refractivity contribution in [1.29, 1.82) is 5.41 Å². The van der Waals surface area contributed by atoms with E-state index >= 15 is 0 Å². The Bertz CT molecular complexity index is 871. The lowest BCUT2D eigenvalue weighted by atomic mass is 10.2. The van der Waals surface area contributed by atoms with Gasteiger partial charge in [0.25, 0.3) is 5.91 Å². The number of nitrogens with one attached hydrogen (secondary N) is 3. The molecule has 5 N–H and O–H groups in total. The molecule has 10 heteroatoms. The van der Waals surface area contributed by atoms with E-state index in [0.717, 1.165) is 22.4 Å². The smallest absolute Gasteiger partial charge is 0.261 e. The molecule has 0 saturated carbocycles. The third-order valence-electron chi connectivity index (χ3n) is 3.35. The van der Waals surface area contributed by atoms with E-state index in [0.29, 0.717) is 12.0 Å². The second-order valence-corrected chi connectivity index (χ2v) is 4.74. The average Bonchev–Trinajstić information content (AvgIpc) is 3.11. The Labute approximate surface area is 150 Å². The fourth-order valence-corrected chi connectivity index (χ4v) is 2.37. The van der Waals surface area contributed by atoms with Crippen molar-refractivity contribution in [2.45, 2.75) is 13.3 Å². The summed E-state index contributed by atoms with van der Waals surface area (Å²) in [6.07, 6.45) is 3.72. The van der Waals surface area contributed by atoms with E-state index in [1.165, 1.54) is 6.20 Å². The monoisotopic (exact) mass is 369 g/mol. The molecular weight excluding hydrogens is 353 g/mol. The lowest BCUT2D eigenvalue weighted by Crippen LogP contribution is -2.36. The Balaban J connectivity index is 0.00000144. The molecule has 0 unspecified atom stereocenters. The van der Waals surface area contributed by atoms with Gasteiger partial charge in [-0.05, 0) is 24.6 Å². The first-order chi connectivity index (χ1) is 10.6. The SMILES string of the molecule is CCc1c(C(=O)NC(=N)N)cnn1-c1ccc2[nH]cnc2c1.Cl.Cl. The standard InChI is InChI=1S/C14H15N7O.2ClH/c1-2-12-9(13(22)20-14(15)16)6-19-21(12)8-3-4-10-11(5-8)18-7-17-10;;/h3-7H,2H2,1H3,(H,17,18)(H4,15,16,20,22);2*1H. The van der Waals surface area contributed by atoms with Gasteiger partial charge in [0.05, 0.1) is 40.5 Å². The molecule has 1 amide bonds. The predicted octanol–water partition coefficient (Wildman–Crippen LogP) is 1.78. The summed E-state index contributed by atoms with van der Waals surface area (Å²) in [6, 6.07) is 5.71.